The lowest BCUT2D eigenvalue weighted by Gasteiger charge is -2.37. The molecule has 4 heterocycles. The summed E-state index contributed by atoms with van der Waals surface area (Å²) >= 11 is 0. The molecule has 11 heteroatoms. The van der Waals surface area contributed by atoms with Crippen LogP contribution in [0.5, 0.6) is 0 Å². The fourth-order valence-corrected chi connectivity index (χ4v) is 5.85. The average molecular weight is 459 g/mol. The number of amides is 1. The predicted octanol–water partition coefficient (Wildman–Crippen LogP) is 1.46. The number of sulfonamides is 1. The van der Waals surface area contributed by atoms with Crippen molar-refractivity contribution in [1.29, 1.82) is 0 Å². The van der Waals surface area contributed by atoms with E-state index in [1.165, 1.54) is 28.8 Å². The molecule has 168 valence electrons. The third kappa shape index (κ3) is 3.71. The van der Waals surface area contributed by atoms with Crippen LogP contribution in [0.4, 0.5) is 10.1 Å². The number of anilines is 1. The second kappa shape index (κ2) is 8.14. The first-order valence-electron chi connectivity index (χ1n) is 10.5. The molecule has 9 nitrogen and oxygen atoms in total. The molecular formula is C21H23FN6O3S. The number of H-pyrrole nitrogens is 1. The molecule has 1 N–H and O–H groups in total. The zero-order valence-corrected chi connectivity index (χ0v) is 18.1. The lowest BCUT2D eigenvalue weighted by Crippen LogP contribution is -2.50. The van der Waals surface area contributed by atoms with E-state index >= 15 is 0 Å². The van der Waals surface area contributed by atoms with Gasteiger partial charge in [0.15, 0.2) is 0 Å². The van der Waals surface area contributed by atoms with Gasteiger partial charge in [0.25, 0.3) is 10.0 Å². The van der Waals surface area contributed by atoms with Gasteiger partial charge in [-0.05, 0) is 24.6 Å². The Morgan fingerprint density at radius 1 is 1.06 bits per heavy atom. The Hall–Kier alpha value is -3.05. The summed E-state index contributed by atoms with van der Waals surface area (Å²) in [7, 11) is -3.71. The van der Waals surface area contributed by atoms with Crippen LogP contribution in [0.3, 0.4) is 0 Å². The van der Waals surface area contributed by atoms with E-state index in [0.29, 0.717) is 44.7 Å². The monoisotopic (exact) mass is 458 g/mol. The van der Waals surface area contributed by atoms with E-state index < -0.39 is 10.0 Å². The summed E-state index contributed by atoms with van der Waals surface area (Å²) in [4.78, 5) is 27.8. The van der Waals surface area contributed by atoms with E-state index in [9.17, 15) is 17.6 Å². The number of piperazine rings is 1. The van der Waals surface area contributed by atoms with Crippen molar-refractivity contribution in [3.05, 3.63) is 48.7 Å². The largest absolute Gasteiger partial charge is 0.367 e. The Morgan fingerprint density at radius 2 is 1.88 bits per heavy atom. The minimum atomic E-state index is -3.71. The maximum atomic E-state index is 13.5. The Kier molecular flexibility index (Phi) is 5.30. The number of hydrogen-bond donors (Lipinski definition) is 1. The molecule has 1 aromatic carbocycles. The SMILES string of the molecule is O=C(C1CCN(S(=O)(=O)c2ncc[nH]2)C1)N1CCN(c2ccnc3cc(F)ccc23)CC1. The number of imidazole rings is 1. The molecule has 2 aliphatic heterocycles. The molecule has 2 aromatic heterocycles. The standard InChI is InChI=1S/C21H23FN6O3S/c22-16-1-2-17-18(13-16)23-5-3-19(17)26-9-11-27(12-10-26)20(29)15-4-8-28(14-15)32(30,31)21-24-6-7-25-21/h1-3,5-7,13,15H,4,8-12,14H2,(H,24,25). The summed E-state index contributed by atoms with van der Waals surface area (Å²) in [6, 6.07) is 6.49. The van der Waals surface area contributed by atoms with Gasteiger partial charge in [-0.2, -0.15) is 4.31 Å². The minimum absolute atomic E-state index is 0.0107. The lowest BCUT2D eigenvalue weighted by molar-refractivity contribution is -0.135. The molecule has 32 heavy (non-hydrogen) atoms. The third-order valence-corrected chi connectivity index (χ3v) is 7.89. The summed E-state index contributed by atoms with van der Waals surface area (Å²) in [5.41, 5.74) is 1.57. The minimum Gasteiger partial charge on any atom is -0.367 e. The van der Waals surface area contributed by atoms with Crippen molar-refractivity contribution in [2.24, 2.45) is 5.92 Å². The zero-order valence-electron chi connectivity index (χ0n) is 17.3. The van der Waals surface area contributed by atoms with Crippen LogP contribution in [-0.2, 0) is 14.8 Å². The Labute approximate surface area is 184 Å². The van der Waals surface area contributed by atoms with Gasteiger partial charge in [-0.1, -0.05) is 0 Å². The van der Waals surface area contributed by atoms with Crippen LogP contribution in [0.1, 0.15) is 6.42 Å². The molecule has 1 amide bonds. The number of fused-ring (bicyclic) bond motifs is 1. The van der Waals surface area contributed by atoms with E-state index in [2.05, 4.69) is 19.9 Å². The van der Waals surface area contributed by atoms with Gasteiger partial charge in [0.1, 0.15) is 5.82 Å². The van der Waals surface area contributed by atoms with Crippen molar-refractivity contribution in [3.8, 4) is 0 Å². The number of carbonyl (C=O) groups excluding carboxylic acids is 1. The van der Waals surface area contributed by atoms with Gasteiger partial charge in [0.2, 0.25) is 11.1 Å². The van der Waals surface area contributed by atoms with Gasteiger partial charge in [0.05, 0.1) is 11.4 Å². The number of nitrogens with one attached hydrogen (secondary N) is 1. The molecule has 3 aromatic rings. The average Bonchev–Trinajstić information content (AvgIpc) is 3.51. The molecule has 0 bridgehead atoms. The number of halogens is 1. The highest BCUT2D eigenvalue weighted by atomic mass is 32.2. The molecule has 1 unspecified atom stereocenters. The van der Waals surface area contributed by atoms with Crippen LogP contribution in [0.2, 0.25) is 0 Å². The van der Waals surface area contributed by atoms with Crippen molar-refractivity contribution in [2.75, 3.05) is 44.2 Å². The second-order valence-electron chi connectivity index (χ2n) is 8.05. The van der Waals surface area contributed by atoms with Gasteiger partial charge in [-0.15, -0.1) is 0 Å². The number of nitrogens with zero attached hydrogens (tertiary/aromatic N) is 5. The highest BCUT2D eigenvalue weighted by Crippen LogP contribution is 2.28. The maximum Gasteiger partial charge on any atom is 0.276 e. The molecule has 2 aliphatic rings. The smallest absolute Gasteiger partial charge is 0.276 e. The van der Waals surface area contributed by atoms with E-state index in [1.54, 1.807) is 12.3 Å². The Balaban J connectivity index is 1.23. The quantitative estimate of drug-likeness (QED) is 0.635. The topological polar surface area (TPSA) is 102 Å². The maximum absolute atomic E-state index is 13.5. The molecule has 0 saturated carbocycles. The number of carbonyl (C=O) groups is 1. The van der Waals surface area contributed by atoms with Crippen LogP contribution >= 0.6 is 0 Å². The van der Waals surface area contributed by atoms with E-state index in [-0.39, 0.29) is 29.3 Å². The normalized spacial score (nSPS) is 20.2. The first kappa shape index (κ1) is 20.8. The number of hydrogen-bond acceptors (Lipinski definition) is 6. The van der Waals surface area contributed by atoms with E-state index in [0.717, 1.165) is 11.1 Å². The highest BCUT2D eigenvalue weighted by molar-refractivity contribution is 7.89. The Morgan fingerprint density at radius 3 is 2.62 bits per heavy atom. The zero-order chi connectivity index (χ0) is 22.3. The number of aromatic nitrogens is 3. The van der Waals surface area contributed by atoms with Gasteiger partial charge in [-0.25, -0.2) is 17.8 Å². The van der Waals surface area contributed by atoms with Crippen molar-refractivity contribution >= 4 is 32.5 Å². The first-order valence-corrected chi connectivity index (χ1v) is 11.9. The number of benzene rings is 1. The lowest BCUT2D eigenvalue weighted by atomic mass is 10.1. The molecule has 2 fully saturated rings. The molecule has 1 atom stereocenters. The second-order valence-corrected chi connectivity index (χ2v) is 9.90. The molecule has 0 aliphatic carbocycles. The summed E-state index contributed by atoms with van der Waals surface area (Å²) in [6.07, 6.45) is 5.03. The molecule has 2 saturated heterocycles. The van der Waals surface area contributed by atoms with Crippen molar-refractivity contribution in [3.63, 3.8) is 0 Å². The van der Waals surface area contributed by atoms with Crippen LogP contribution in [0.15, 0.2) is 48.0 Å². The van der Waals surface area contributed by atoms with Crippen LogP contribution < -0.4 is 4.90 Å². The summed E-state index contributed by atoms with van der Waals surface area (Å²) in [5.74, 6) is -0.684. The fourth-order valence-electron chi connectivity index (χ4n) is 4.47. The van der Waals surface area contributed by atoms with Crippen molar-refractivity contribution in [2.45, 2.75) is 11.6 Å². The molecular weight excluding hydrogens is 435 g/mol. The molecule has 0 spiro atoms. The van der Waals surface area contributed by atoms with Gasteiger partial charge >= 0.3 is 0 Å². The summed E-state index contributed by atoms with van der Waals surface area (Å²) in [6.45, 7) is 2.85. The predicted molar refractivity (Wildman–Crippen MR) is 116 cm³/mol. The first-order chi connectivity index (χ1) is 15.4. The van der Waals surface area contributed by atoms with Gasteiger partial charge in [0, 0.05) is 75.0 Å². The van der Waals surface area contributed by atoms with E-state index in [4.69, 9.17) is 0 Å². The number of rotatable bonds is 4. The molecule has 5 rings (SSSR count). The van der Waals surface area contributed by atoms with Crippen LogP contribution in [0.25, 0.3) is 10.9 Å². The third-order valence-electron chi connectivity index (χ3n) is 6.17. The van der Waals surface area contributed by atoms with Crippen LogP contribution in [-0.4, -0.2) is 77.8 Å². The van der Waals surface area contributed by atoms with Gasteiger partial charge < -0.3 is 14.8 Å². The number of aromatic amines is 1. The van der Waals surface area contributed by atoms with E-state index in [1.807, 2.05) is 11.0 Å². The van der Waals surface area contributed by atoms with Crippen molar-refractivity contribution < 1.29 is 17.6 Å². The van der Waals surface area contributed by atoms with Crippen molar-refractivity contribution in [1.82, 2.24) is 24.2 Å². The Bertz CT molecular complexity index is 1240. The summed E-state index contributed by atoms with van der Waals surface area (Å²) in [5, 5.41) is 0.784. The summed E-state index contributed by atoms with van der Waals surface area (Å²) < 4.78 is 40.1. The highest BCUT2D eigenvalue weighted by Gasteiger charge is 2.39. The molecule has 0 radical (unpaired) electrons. The van der Waals surface area contributed by atoms with Crippen LogP contribution in [0, 0.1) is 11.7 Å². The fraction of sp³-hybridized carbons (Fsp3) is 0.381. The number of pyridine rings is 1. The van der Waals surface area contributed by atoms with Gasteiger partial charge in [-0.3, -0.25) is 9.78 Å².